The van der Waals surface area contributed by atoms with Crippen LogP contribution in [0.5, 0.6) is 0 Å². The van der Waals surface area contributed by atoms with Gasteiger partial charge in [0.2, 0.25) is 0 Å². The Bertz CT molecular complexity index is 532. The molecule has 0 aliphatic carbocycles. The molecule has 0 atom stereocenters. The molecule has 0 spiro atoms. The van der Waals surface area contributed by atoms with Crippen molar-refractivity contribution in [2.24, 2.45) is 0 Å². The monoisotopic (exact) mass is 252 g/mol. The van der Waals surface area contributed by atoms with Gasteiger partial charge in [0.05, 0.1) is 6.20 Å². The Balaban J connectivity index is 2.07. The van der Waals surface area contributed by atoms with Crippen LogP contribution < -0.4 is 5.73 Å². The predicted molar refractivity (Wildman–Crippen MR) is 64.6 cm³/mol. The highest BCUT2D eigenvalue weighted by molar-refractivity contribution is 7.98. The highest BCUT2D eigenvalue weighted by Gasteiger charge is 2.03. The molecule has 0 aliphatic heterocycles. The second kappa shape index (κ2) is 5.14. The van der Waals surface area contributed by atoms with Gasteiger partial charge in [0, 0.05) is 22.5 Å². The first-order chi connectivity index (χ1) is 8.15. The number of thioether (sulfide) groups is 1. The number of nitrogens with two attached hydrogens (primary N) is 1. The molecule has 2 rings (SSSR count). The summed E-state index contributed by atoms with van der Waals surface area (Å²) in [6, 6.07) is 5.65. The van der Waals surface area contributed by atoms with Crippen LogP contribution in [0.2, 0.25) is 0 Å². The van der Waals surface area contributed by atoms with Gasteiger partial charge in [-0.1, -0.05) is 0 Å². The number of halogens is 2. The topological polar surface area (TPSA) is 38.9 Å². The molecule has 0 amide bonds. The Morgan fingerprint density at radius 2 is 1.94 bits per heavy atom. The van der Waals surface area contributed by atoms with Crippen LogP contribution in [0.15, 0.2) is 41.6 Å². The third kappa shape index (κ3) is 3.17. The molecule has 1 aromatic heterocycles. The van der Waals surface area contributed by atoms with Crippen molar-refractivity contribution >= 4 is 17.4 Å². The van der Waals surface area contributed by atoms with Gasteiger partial charge in [-0.2, -0.15) is 0 Å². The van der Waals surface area contributed by atoms with Crippen LogP contribution in [-0.4, -0.2) is 4.98 Å². The Morgan fingerprint density at radius 1 is 1.12 bits per heavy atom. The maximum atomic E-state index is 12.9. The second-order valence-electron chi connectivity index (χ2n) is 3.48. The molecule has 1 heterocycles. The molecule has 0 saturated heterocycles. The molecular formula is C12H10F2N2S. The summed E-state index contributed by atoms with van der Waals surface area (Å²) in [5.41, 5.74) is 6.82. The van der Waals surface area contributed by atoms with Crippen LogP contribution in [0.25, 0.3) is 0 Å². The number of hydrogen-bond acceptors (Lipinski definition) is 3. The molecule has 0 fully saturated rings. The van der Waals surface area contributed by atoms with E-state index in [1.807, 2.05) is 0 Å². The number of pyridine rings is 1. The minimum Gasteiger partial charge on any atom is -0.398 e. The maximum Gasteiger partial charge on any atom is 0.141 e. The van der Waals surface area contributed by atoms with Crippen molar-refractivity contribution in [3.63, 3.8) is 0 Å². The van der Waals surface area contributed by atoms with Crippen molar-refractivity contribution in [2.75, 3.05) is 5.73 Å². The Kier molecular flexibility index (Phi) is 3.58. The summed E-state index contributed by atoms with van der Waals surface area (Å²) in [6.45, 7) is 0. The fourth-order valence-corrected chi connectivity index (χ4v) is 2.22. The SMILES string of the molecule is Nc1cc(F)ccc1SCc1cncc(F)c1. The lowest BCUT2D eigenvalue weighted by Crippen LogP contribution is -1.91. The predicted octanol–water partition coefficient (Wildman–Crippen LogP) is 3.23. The van der Waals surface area contributed by atoms with Gasteiger partial charge in [-0.05, 0) is 29.8 Å². The Hall–Kier alpha value is -1.62. The molecule has 2 aromatic rings. The van der Waals surface area contributed by atoms with E-state index in [0.29, 0.717) is 11.4 Å². The van der Waals surface area contributed by atoms with Crippen LogP contribution in [0, 0.1) is 11.6 Å². The lowest BCUT2D eigenvalue weighted by Gasteiger charge is -2.05. The van der Waals surface area contributed by atoms with Crippen molar-refractivity contribution < 1.29 is 8.78 Å². The van der Waals surface area contributed by atoms with Gasteiger partial charge in [0.25, 0.3) is 0 Å². The summed E-state index contributed by atoms with van der Waals surface area (Å²) >= 11 is 1.42. The minimum absolute atomic E-state index is 0.362. The zero-order valence-electron chi connectivity index (χ0n) is 8.86. The first kappa shape index (κ1) is 11.9. The minimum atomic E-state index is -0.366. The molecule has 0 unspecified atom stereocenters. The van der Waals surface area contributed by atoms with E-state index >= 15 is 0 Å². The van der Waals surface area contributed by atoms with E-state index in [1.165, 1.54) is 30.0 Å². The van der Waals surface area contributed by atoms with Gasteiger partial charge in [-0.25, -0.2) is 8.78 Å². The van der Waals surface area contributed by atoms with Gasteiger partial charge < -0.3 is 5.73 Å². The van der Waals surface area contributed by atoms with Crippen LogP contribution >= 0.6 is 11.8 Å². The molecule has 17 heavy (non-hydrogen) atoms. The molecule has 0 bridgehead atoms. The standard InChI is InChI=1S/C12H10F2N2S/c13-9-1-2-12(11(15)4-9)17-7-8-3-10(14)6-16-5-8/h1-6H,7,15H2. The average Bonchev–Trinajstić information content (AvgIpc) is 2.28. The highest BCUT2D eigenvalue weighted by atomic mass is 32.2. The van der Waals surface area contributed by atoms with Crippen LogP contribution in [0.4, 0.5) is 14.5 Å². The van der Waals surface area contributed by atoms with Gasteiger partial charge in [0.1, 0.15) is 11.6 Å². The summed E-state index contributed by atoms with van der Waals surface area (Å²) in [7, 11) is 0. The number of hydrogen-bond donors (Lipinski definition) is 1. The van der Waals surface area contributed by atoms with E-state index in [4.69, 9.17) is 5.73 Å². The lowest BCUT2D eigenvalue weighted by atomic mass is 10.3. The first-order valence-corrected chi connectivity index (χ1v) is 5.91. The third-order valence-corrected chi connectivity index (χ3v) is 3.29. The Morgan fingerprint density at radius 3 is 2.65 bits per heavy atom. The zero-order valence-corrected chi connectivity index (χ0v) is 9.68. The van der Waals surface area contributed by atoms with Crippen molar-refractivity contribution in [3.05, 3.63) is 53.9 Å². The van der Waals surface area contributed by atoms with Crippen LogP contribution in [0.3, 0.4) is 0 Å². The van der Waals surface area contributed by atoms with E-state index in [0.717, 1.165) is 16.7 Å². The fraction of sp³-hybridized carbons (Fsp3) is 0.0833. The van der Waals surface area contributed by atoms with Gasteiger partial charge in [0.15, 0.2) is 0 Å². The van der Waals surface area contributed by atoms with Crippen molar-refractivity contribution in [2.45, 2.75) is 10.6 Å². The highest BCUT2D eigenvalue weighted by Crippen LogP contribution is 2.28. The van der Waals surface area contributed by atoms with Crippen LogP contribution in [0.1, 0.15) is 5.56 Å². The Labute approximate surface area is 102 Å². The van der Waals surface area contributed by atoms with Crippen molar-refractivity contribution in [1.82, 2.24) is 4.98 Å². The van der Waals surface area contributed by atoms with Gasteiger partial charge in [-0.15, -0.1) is 11.8 Å². The zero-order chi connectivity index (χ0) is 12.3. The maximum absolute atomic E-state index is 12.9. The molecule has 0 radical (unpaired) electrons. The largest absolute Gasteiger partial charge is 0.398 e. The summed E-state index contributed by atoms with van der Waals surface area (Å²) in [5, 5.41) is 0. The molecule has 5 heteroatoms. The van der Waals surface area contributed by atoms with Crippen LogP contribution in [-0.2, 0) is 5.75 Å². The summed E-state index contributed by atoms with van der Waals surface area (Å²) in [4.78, 5) is 4.53. The van der Waals surface area contributed by atoms with Gasteiger partial charge >= 0.3 is 0 Å². The number of rotatable bonds is 3. The number of nitrogen functional groups attached to an aromatic ring is 1. The summed E-state index contributed by atoms with van der Waals surface area (Å²) in [5.74, 6) is -0.185. The lowest BCUT2D eigenvalue weighted by molar-refractivity contribution is 0.619. The third-order valence-electron chi connectivity index (χ3n) is 2.13. The number of benzene rings is 1. The second-order valence-corrected chi connectivity index (χ2v) is 4.50. The number of nitrogens with zero attached hydrogens (tertiary/aromatic N) is 1. The van der Waals surface area contributed by atoms with E-state index < -0.39 is 0 Å². The molecule has 1 aromatic carbocycles. The summed E-state index contributed by atoms with van der Waals surface area (Å²) < 4.78 is 25.7. The molecule has 0 aliphatic rings. The summed E-state index contributed by atoms with van der Waals surface area (Å²) in [6.07, 6.45) is 2.75. The molecule has 2 N–H and O–H groups in total. The smallest absolute Gasteiger partial charge is 0.141 e. The van der Waals surface area contributed by atoms with E-state index in [1.54, 1.807) is 12.3 Å². The first-order valence-electron chi connectivity index (χ1n) is 4.92. The van der Waals surface area contributed by atoms with Crippen molar-refractivity contribution in [3.8, 4) is 0 Å². The van der Waals surface area contributed by atoms with Gasteiger partial charge in [-0.3, -0.25) is 4.98 Å². The number of aromatic nitrogens is 1. The fourth-order valence-electron chi connectivity index (χ4n) is 1.35. The van der Waals surface area contributed by atoms with Crippen molar-refractivity contribution in [1.29, 1.82) is 0 Å². The van der Waals surface area contributed by atoms with E-state index in [9.17, 15) is 8.78 Å². The van der Waals surface area contributed by atoms with E-state index in [-0.39, 0.29) is 11.6 Å². The molecular weight excluding hydrogens is 242 g/mol. The molecule has 88 valence electrons. The number of anilines is 1. The molecule has 2 nitrogen and oxygen atoms in total. The van der Waals surface area contributed by atoms with E-state index in [2.05, 4.69) is 4.98 Å². The normalized spacial score (nSPS) is 10.5. The average molecular weight is 252 g/mol. The quantitative estimate of drug-likeness (QED) is 0.673. The molecule has 0 saturated carbocycles.